The highest BCUT2D eigenvalue weighted by Crippen LogP contribution is 2.17. The highest BCUT2D eigenvalue weighted by atomic mass is 79.9. The molecule has 0 saturated carbocycles. The number of nitrogens with one attached hydrogen (secondary N) is 1. The molecule has 1 aromatic carbocycles. The summed E-state index contributed by atoms with van der Waals surface area (Å²) in [5.41, 5.74) is 0.953. The summed E-state index contributed by atoms with van der Waals surface area (Å²) in [6.45, 7) is 1.69. The maximum Gasteiger partial charge on any atom is 0.165 e. The first-order chi connectivity index (χ1) is 8.77. The predicted octanol–water partition coefficient (Wildman–Crippen LogP) is 3.88. The summed E-state index contributed by atoms with van der Waals surface area (Å²) < 4.78 is 18.3. The molecule has 0 aromatic heterocycles. The second kappa shape index (κ2) is 9.34. The monoisotopic (exact) mass is 317 g/mol. The molecule has 102 valence electrons. The molecule has 0 amide bonds. The lowest BCUT2D eigenvalue weighted by atomic mass is 10.2. The number of hydrogen-bond acceptors (Lipinski definition) is 2. The summed E-state index contributed by atoms with van der Waals surface area (Å²) in [4.78, 5) is 0. The molecule has 0 heterocycles. The van der Waals surface area contributed by atoms with Crippen molar-refractivity contribution in [2.24, 2.45) is 0 Å². The molecular formula is C14H21BrFNO. The summed E-state index contributed by atoms with van der Waals surface area (Å²) in [5.74, 6) is 0.00245. The zero-order valence-corrected chi connectivity index (χ0v) is 12.4. The van der Waals surface area contributed by atoms with Gasteiger partial charge in [-0.3, -0.25) is 0 Å². The standard InChI is InChI=1S/C14H21BrFNO/c1-18-14-7-6-12(10-13(14)16)11-17-9-5-3-2-4-8-15/h6-7,10,17H,2-5,8-9,11H2,1H3. The molecule has 1 rings (SSSR count). The Morgan fingerprint density at radius 3 is 2.67 bits per heavy atom. The van der Waals surface area contributed by atoms with Gasteiger partial charge in [0.2, 0.25) is 0 Å². The lowest BCUT2D eigenvalue weighted by Crippen LogP contribution is -2.14. The van der Waals surface area contributed by atoms with Crippen molar-refractivity contribution in [1.82, 2.24) is 5.32 Å². The van der Waals surface area contributed by atoms with E-state index in [9.17, 15) is 4.39 Å². The topological polar surface area (TPSA) is 21.3 Å². The van der Waals surface area contributed by atoms with Crippen LogP contribution in [0.15, 0.2) is 18.2 Å². The maximum atomic E-state index is 13.4. The van der Waals surface area contributed by atoms with Crippen molar-refractivity contribution in [3.05, 3.63) is 29.6 Å². The first kappa shape index (κ1) is 15.4. The molecule has 0 spiro atoms. The van der Waals surface area contributed by atoms with E-state index in [1.165, 1.54) is 38.9 Å². The van der Waals surface area contributed by atoms with Gasteiger partial charge in [-0.2, -0.15) is 0 Å². The minimum Gasteiger partial charge on any atom is -0.494 e. The average molecular weight is 318 g/mol. The van der Waals surface area contributed by atoms with Crippen LogP contribution in [0.2, 0.25) is 0 Å². The van der Waals surface area contributed by atoms with Crippen LogP contribution in [-0.4, -0.2) is 19.0 Å². The second-order valence-corrected chi connectivity index (χ2v) is 5.04. The minimum atomic E-state index is -0.297. The fraction of sp³-hybridized carbons (Fsp3) is 0.571. The number of ether oxygens (including phenoxy) is 1. The maximum absolute atomic E-state index is 13.4. The van der Waals surface area contributed by atoms with Crippen molar-refractivity contribution in [3.63, 3.8) is 0 Å². The fourth-order valence-corrected chi connectivity index (χ4v) is 2.15. The third-order valence-electron chi connectivity index (χ3n) is 2.78. The summed E-state index contributed by atoms with van der Waals surface area (Å²) in [7, 11) is 1.48. The number of unbranched alkanes of at least 4 members (excludes halogenated alkanes) is 3. The summed E-state index contributed by atoms with van der Waals surface area (Å²) in [6.07, 6.45) is 4.93. The van der Waals surface area contributed by atoms with E-state index in [1.54, 1.807) is 6.07 Å². The van der Waals surface area contributed by atoms with Gasteiger partial charge in [-0.15, -0.1) is 0 Å². The first-order valence-corrected chi connectivity index (χ1v) is 7.49. The number of methoxy groups -OCH3 is 1. The lowest BCUT2D eigenvalue weighted by molar-refractivity contribution is 0.386. The average Bonchev–Trinajstić information content (AvgIpc) is 2.38. The number of halogens is 2. The van der Waals surface area contributed by atoms with Crippen molar-refractivity contribution in [2.75, 3.05) is 19.0 Å². The molecule has 0 bridgehead atoms. The van der Waals surface area contributed by atoms with Gasteiger partial charge in [-0.1, -0.05) is 34.8 Å². The third kappa shape index (κ3) is 5.83. The normalized spacial score (nSPS) is 10.6. The van der Waals surface area contributed by atoms with Crippen LogP contribution in [0.1, 0.15) is 31.2 Å². The van der Waals surface area contributed by atoms with E-state index < -0.39 is 0 Å². The van der Waals surface area contributed by atoms with Crippen LogP contribution >= 0.6 is 15.9 Å². The Morgan fingerprint density at radius 2 is 2.00 bits per heavy atom. The van der Waals surface area contributed by atoms with Crippen LogP contribution in [0.4, 0.5) is 4.39 Å². The molecule has 1 aromatic rings. The lowest BCUT2D eigenvalue weighted by Gasteiger charge is -2.07. The van der Waals surface area contributed by atoms with E-state index in [-0.39, 0.29) is 5.82 Å². The Labute approximate surface area is 117 Å². The molecule has 1 N–H and O–H groups in total. The first-order valence-electron chi connectivity index (χ1n) is 6.37. The van der Waals surface area contributed by atoms with Gasteiger partial charge in [0.25, 0.3) is 0 Å². The van der Waals surface area contributed by atoms with Crippen molar-refractivity contribution < 1.29 is 9.13 Å². The smallest absolute Gasteiger partial charge is 0.165 e. The molecule has 2 nitrogen and oxygen atoms in total. The molecule has 4 heteroatoms. The second-order valence-electron chi connectivity index (χ2n) is 4.25. The van der Waals surface area contributed by atoms with Crippen LogP contribution in [0.5, 0.6) is 5.75 Å². The van der Waals surface area contributed by atoms with E-state index in [0.29, 0.717) is 12.3 Å². The highest BCUT2D eigenvalue weighted by Gasteiger charge is 2.02. The van der Waals surface area contributed by atoms with Gasteiger partial charge in [0.15, 0.2) is 11.6 Å². The van der Waals surface area contributed by atoms with Gasteiger partial charge in [0, 0.05) is 11.9 Å². The van der Waals surface area contributed by atoms with Crippen LogP contribution in [0.25, 0.3) is 0 Å². The van der Waals surface area contributed by atoms with Gasteiger partial charge in [-0.25, -0.2) is 4.39 Å². The largest absolute Gasteiger partial charge is 0.494 e. The van der Waals surface area contributed by atoms with Crippen LogP contribution in [0, 0.1) is 5.82 Å². The van der Waals surface area contributed by atoms with E-state index >= 15 is 0 Å². The van der Waals surface area contributed by atoms with Gasteiger partial charge in [0.1, 0.15) is 0 Å². The SMILES string of the molecule is COc1ccc(CNCCCCCCBr)cc1F. The number of benzene rings is 1. The van der Waals surface area contributed by atoms with Crippen molar-refractivity contribution in [1.29, 1.82) is 0 Å². The van der Waals surface area contributed by atoms with Crippen molar-refractivity contribution in [2.45, 2.75) is 32.2 Å². The molecule has 0 aliphatic rings. The minimum absolute atomic E-state index is 0.297. The summed E-state index contributed by atoms with van der Waals surface area (Å²) >= 11 is 3.42. The zero-order chi connectivity index (χ0) is 13.2. The van der Waals surface area contributed by atoms with Gasteiger partial charge in [-0.05, 0) is 37.1 Å². The zero-order valence-electron chi connectivity index (χ0n) is 10.8. The number of rotatable bonds is 9. The number of hydrogen-bond donors (Lipinski definition) is 1. The van der Waals surface area contributed by atoms with Gasteiger partial charge >= 0.3 is 0 Å². The van der Waals surface area contributed by atoms with Crippen LogP contribution < -0.4 is 10.1 Å². The molecule has 0 atom stereocenters. The number of alkyl halides is 1. The summed E-state index contributed by atoms with van der Waals surface area (Å²) in [5, 5.41) is 4.41. The predicted molar refractivity (Wildman–Crippen MR) is 76.9 cm³/mol. The molecule has 0 saturated heterocycles. The van der Waals surface area contributed by atoms with E-state index in [0.717, 1.165) is 17.4 Å². The van der Waals surface area contributed by atoms with Crippen molar-refractivity contribution >= 4 is 15.9 Å². The Kier molecular flexibility index (Phi) is 8.01. The quantitative estimate of drug-likeness (QED) is 0.551. The van der Waals surface area contributed by atoms with E-state index in [4.69, 9.17) is 4.74 Å². The molecule has 0 fully saturated rings. The molecule has 0 aliphatic heterocycles. The Balaban J connectivity index is 2.17. The Bertz CT molecular complexity index is 347. The molecule has 0 aliphatic carbocycles. The highest BCUT2D eigenvalue weighted by molar-refractivity contribution is 9.09. The fourth-order valence-electron chi connectivity index (χ4n) is 1.75. The molecule has 0 unspecified atom stereocenters. The Hall–Kier alpha value is -0.610. The Morgan fingerprint density at radius 1 is 1.22 bits per heavy atom. The summed E-state index contributed by atoms with van der Waals surface area (Å²) in [6, 6.07) is 5.08. The molecule has 0 radical (unpaired) electrons. The van der Waals surface area contributed by atoms with Crippen LogP contribution in [-0.2, 0) is 6.54 Å². The molecular weight excluding hydrogens is 297 g/mol. The van der Waals surface area contributed by atoms with E-state index in [1.807, 2.05) is 6.07 Å². The van der Waals surface area contributed by atoms with Gasteiger partial charge in [0.05, 0.1) is 7.11 Å². The van der Waals surface area contributed by atoms with Gasteiger partial charge < -0.3 is 10.1 Å². The van der Waals surface area contributed by atoms with Crippen LogP contribution in [0.3, 0.4) is 0 Å². The molecule has 18 heavy (non-hydrogen) atoms. The van der Waals surface area contributed by atoms with E-state index in [2.05, 4.69) is 21.2 Å². The third-order valence-corrected chi connectivity index (χ3v) is 3.34. The van der Waals surface area contributed by atoms with Crippen molar-refractivity contribution in [3.8, 4) is 5.75 Å².